The van der Waals surface area contributed by atoms with E-state index in [2.05, 4.69) is 36.8 Å². The molecule has 5 rings (SSSR count). The van der Waals surface area contributed by atoms with Crippen molar-refractivity contribution in [2.45, 2.75) is 183 Å². The molecule has 662 valence electrons. The van der Waals surface area contributed by atoms with Crippen LogP contribution in [-0.2, 0) is 119 Å². The fraction of sp³-hybridized carbons (Fsp3) is 0.903. The summed E-state index contributed by atoms with van der Waals surface area (Å²) in [7, 11) is 0. The number of nitrogens with zero attached hydrogens (tertiary/aromatic N) is 2. The average Bonchev–Trinajstić information content (AvgIpc) is 0.812. The molecule has 7 amide bonds. The molecule has 5 aliphatic rings. The Balaban J connectivity index is 1.10. The number of morpholine rings is 1. The minimum absolute atomic E-state index is 0.0224. The van der Waals surface area contributed by atoms with Crippen LogP contribution < -0.4 is 31.9 Å². The highest BCUT2D eigenvalue weighted by Gasteiger charge is 2.48. The van der Waals surface area contributed by atoms with Crippen LogP contribution in [0.3, 0.4) is 0 Å². The zero-order valence-electron chi connectivity index (χ0n) is 66.5. The van der Waals surface area contributed by atoms with E-state index in [4.69, 9.17) is 85.3 Å². The lowest BCUT2D eigenvalue weighted by Crippen LogP contribution is -2.64. The number of nitrogens with one attached hydrogen (secondary N) is 6. The Morgan fingerprint density at radius 3 is 1.07 bits per heavy atom. The summed E-state index contributed by atoms with van der Waals surface area (Å²) in [6, 6.07) is -3.00. The molecule has 0 bridgehead atoms. The SMILES string of the molecule is CC(=O)NC1C(OCCOCCOCCNC(=O)CCOCC(COCCC(=O)NCCOCCOCCOC2OC(CO)C(O)C(O)C2NC(C)=O)(COCCC(=O)NCCOCCOCCOC2OC(CO)C(O)C(O)C2NC(C)=O)COCCC(=O)N2CCC(N3CCO[C@H](COC(C)C)C3)CC2)OC(CO)C(O)C1O. The van der Waals surface area contributed by atoms with E-state index < -0.39 is 135 Å². The molecule has 42 heteroatoms. The maximum absolute atomic E-state index is 13.7. The monoisotopic (exact) mass is 1650 g/mol. The number of hydrogen-bond donors (Lipinski definition) is 15. The molecule has 16 atom stereocenters. The van der Waals surface area contributed by atoms with Gasteiger partial charge in [0, 0.05) is 91.9 Å². The van der Waals surface area contributed by atoms with Crippen molar-refractivity contribution in [1.29, 1.82) is 0 Å². The first-order valence-electron chi connectivity index (χ1n) is 39.3. The van der Waals surface area contributed by atoms with E-state index in [-0.39, 0.29) is 233 Å². The Labute approximate surface area is 665 Å². The number of aliphatic hydroxyl groups excluding tert-OH is 9. The molecule has 114 heavy (non-hydrogen) atoms. The van der Waals surface area contributed by atoms with Gasteiger partial charge in [0.15, 0.2) is 18.9 Å². The number of rotatable bonds is 60. The molecule has 0 aromatic carbocycles. The van der Waals surface area contributed by atoms with E-state index in [1.54, 1.807) is 0 Å². The molecule has 5 saturated heterocycles. The Bertz CT molecular complexity index is 2450. The topological polar surface area (TPSA) is 546 Å². The van der Waals surface area contributed by atoms with Crippen LogP contribution in [0.4, 0.5) is 0 Å². The normalized spacial score (nSPS) is 26.9. The first-order chi connectivity index (χ1) is 54.9. The molecule has 42 nitrogen and oxygen atoms in total. The van der Waals surface area contributed by atoms with Crippen LogP contribution in [0.5, 0.6) is 0 Å². The van der Waals surface area contributed by atoms with Crippen molar-refractivity contribution in [3.63, 3.8) is 0 Å². The van der Waals surface area contributed by atoms with Gasteiger partial charge in [0.1, 0.15) is 73.1 Å². The molecule has 0 aliphatic carbocycles. The van der Waals surface area contributed by atoms with Crippen LogP contribution in [0, 0.1) is 5.41 Å². The van der Waals surface area contributed by atoms with Gasteiger partial charge < -0.3 is 168 Å². The molecule has 0 aromatic heterocycles. The summed E-state index contributed by atoms with van der Waals surface area (Å²) in [5, 5.41) is 107. The molecule has 0 spiro atoms. The number of likely N-dealkylation sites (tertiary alicyclic amines) is 1. The third-order valence-corrected chi connectivity index (χ3v) is 18.7. The number of amides is 7. The van der Waals surface area contributed by atoms with Crippen LogP contribution in [0.15, 0.2) is 0 Å². The lowest BCUT2D eigenvalue weighted by Gasteiger charge is -2.42. The van der Waals surface area contributed by atoms with E-state index in [0.717, 1.165) is 25.9 Å². The van der Waals surface area contributed by atoms with Gasteiger partial charge in [-0.3, -0.25) is 38.5 Å². The number of carbonyl (C=O) groups excluding carboxylic acids is 7. The Morgan fingerprint density at radius 2 is 0.746 bits per heavy atom. The molecule has 15 N–H and O–H groups in total. The predicted octanol–water partition coefficient (Wildman–Crippen LogP) is -7.95. The van der Waals surface area contributed by atoms with E-state index >= 15 is 0 Å². The van der Waals surface area contributed by atoms with Gasteiger partial charge in [0.2, 0.25) is 41.4 Å². The second-order valence-electron chi connectivity index (χ2n) is 28.3. The van der Waals surface area contributed by atoms with Gasteiger partial charge in [0.05, 0.1) is 209 Å². The maximum atomic E-state index is 13.7. The lowest BCUT2D eigenvalue weighted by atomic mass is 9.92. The Hall–Kier alpha value is -4.83. The molecule has 0 radical (unpaired) electrons. The van der Waals surface area contributed by atoms with Gasteiger partial charge in [-0.15, -0.1) is 0 Å². The molecular weight excluding hydrogens is 1520 g/mol. The number of carbonyl (C=O) groups is 7. The van der Waals surface area contributed by atoms with Crippen LogP contribution in [0.2, 0.25) is 0 Å². The lowest BCUT2D eigenvalue weighted by molar-refractivity contribution is -0.272. The third-order valence-electron chi connectivity index (χ3n) is 18.7. The van der Waals surface area contributed by atoms with Gasteiger partial charge in [-0.1, -0.05) is 0 Å². The van der Waals surface area contributed by atoms with Crippen LogP contribution in [0.25, 0.3) is 0 Å². The van der Waals surface area contributed by atoms with Crippen molar-refractivity contribution in [3.05, 3.63) is 0 Å². The van der Waals surface area contributed by atoms with E-state index in [1.165, 1.54) is 20.8 Å². The minimum atomic E-state index is -1.46. The highest BCUT2D eigenvalue weighted by molar-refractivity contribution is 5.77. The fourth-order valence-electron chi connectivity index (χ4n) is 12.7. The number of aliphatic hydroxyl groups is 9. The van der Waals surface area contributed by atoms with Crippen molar-refractivity contribution in [1.82, 2.24) is 41.7 Å². The van der Waals surface area contributed by atoms with Crippen molar-refractivity contribution < 1.29 is 165 Å². The van der Waals surface area contributed by atoms with Crippen LogP contribution in [0.1, 0.15) is 73.1 Å². The van der Waals surface area contributed by atoms with Gasteiger partial charge in [-0.25, -0.2) is 0 Å². The number of piperidine rings is 1. The van der Waals surface area contributed by atoms with Crippen molar-refractivity contribution in [2.24, 2.45) is 5.41 Å². The van der Waals surface area contributed by atoms with E-state index in [9.17, 15) is 79.5 Å². The summed E-state index contributed by atoms with van der Waals surface area (Å²) >= 11 is 0. The van der Waals surface area contributed by atoms with Gasteiger partial charge in [0.25, 0.3) is 0 Å². The average molecular weight is 1650 g/mol. The maximum Gasteiger partial charge on any atom is 0.224 e. The van der Waals surface area contributed by atoms with Crippen LogP contribution in [-0.4, -0.2) is 438 Å². The largest absolute Gasteiger partial charge is 0.394 e. The summed E-state index contributed by atoms with van der Waals surface area (Å²) in [6.07, 6.45) is -14.1. The van der Waals surface area contributed by atoms with Crippen molar-refractivity contribution >= 4 is 41.4 Å². The van der Waals surface area contributed by atoms with E-state index in [1.807, 2.05) is 18.7 Å². The predicted molar refractivity (Wildman–Crippen MR) is 394 cm³/mol. The molecule has 0 saturated carbocycles. The Morgan fingerprint density at radius 1 is 0.421 bits per heavy atom. The van der Waals surface area contributed by atoms with Crippen LogP contribution >= 0.6 is 0 Å². The smallest absolute Gasteiger partial charge is 0.224 e. The summed E-state index contributed by atoms with van der Waals surface area (Å²) < 4.78 is 104. The number of ether oxygens (including phenoxy) is 18. The standard InChI is InChI=1S/C72H130N8O34/c1-47(2)111-42-52-38-80(17-25-107-52)51-6-15-79(16-7-51)59(90)11-21-106-46-72(43-103-18-8-56(87)73-12-22-97-26-29-100-32-35-108-69-60(76-48(3)84)66(94)63(91)53(39-81)112-69,44-104-19-9-57(88)74-13-23-98-27-30-101-33-36-109-70-61(77-49(4)85)67(95)64(92)54(40-82)113-70)45-105-20-10-58(89)75-14-24-99-28-31-102-34-37-110-71-62(78-50(5)86)68(96)65(93)55(41-83)114-71/h47,51-55,60-71,81-83,91-96H,6-46H2,1-5H3,(H,73,87)(H,74,88)(H,75,89)(H,76,84)(H,77,85)(H,78,86)/t52-,53?,54?,55?,60?,61?,62?,63?,64?,65?,66?,67?,68?,69?,70?,71?,72?/m0/s1. The van der Waals surface area contributed by atoms with Gasteiger partial charge in [-0.05, 0) is 26.7 Å². The Kier molecular flexibility index (Phi) is 50.2. The zero-order chi connectivity index (χ0) is 83.1. The molecule has 0 aromatic rings. The molecule has 15 unspecified atom stereocenters. The minimum Gasteiger partial charge on any atom is -0.394 e. The van der Waals surface area contributed by atoms with E-state index in [0.29, 0.717) is 32.3 Å². The first-order valence-corrected chi connectivity index (χ1v) is 39.3. The highest BCUT2D eigenvalue weighted by Crippen LogP contribution is 2.27. The molecular formula is C72H130N8O34. The quantitative estimate of drug-likeness (QED) is 0.0252. The molecule has 5 heterocycles. The summed E-state index contributed by atoms with van der Waals surface area (Å²) in [6.45, 7) is 11.1. The third kappa shape index (κ3) is 38.5. The van der Waals surface area contributed by atoms with Gasteiger partial charge in [-0.2, -0.15) is 0 Å². The summed E-state index contributed by atoms with van der Waals surface area (Å²) in [5.74, 6) is -2.59. The first kappa shape index (κ1) is 99.7. The molecule has 5 fully saturated rings. The molecule has 5 aliphatic heterocycles. The van der Waals surface area contributed by atoms with Gasteiger partial charge >= 0.3 is 0 Å². The van der Waals surface area contributed by atoms with Crippen molar-refractivity contribution in [2.75, 3.05) is 231 Å². The summed E-state index contributed by atoms with van der Waals surface area (Å²) in [4.78, 5) is 92.5. The highest BCUT2D eigenvalue weighted by atomic mass is 16.7. The summed E-state index contributed by atoms with van der Waals surface area (Å²) in [5.41, 5.74) is -1.12. The zero-order valence-corrected chi connectivity index (χ0v) is 66.5. The second kappa shape index (κ2) is 57.4. The fourth-order valence-corrected chi connectivity index (χ4v) is 12.7. The second-order valence-corrected chi connectivity index (χ2v) is 28.3. The van der Waals surface area contributed by atoms with Crippen molar-refractivity contribution in [3.8, 4) is 0 Å². The number of hydrogen-bond acceptors (Lipinski definition) is 35.